The van der Waals surface area contributed by atoms with E-state index in [0.717, 1.165) is 22.5 Å². The summed E-state index contributed by atoms with van der Waals surface area (Å²) in [5.74, 6) is 0.605. The van der Waals surface area contributed by atoms with Crippen molar-refractivity contribution in [2.75, 3.05) is 0 Å². The summed E-state index contributed by atoms with van der Waals surface area (Å²) < 4.78 is 7.38. The predicted molar refractivity (Wildman–Crippen MR) is 81.5 cm³/mol. The maximum Gasteiger partial charge on any atom is 0.306 e. The van der Waals surface area contributed by atoms with Crippen molar-refractivity contribution in [2.45, 2.75) is 13.8 Å². The zero-order valence-electron chi connectivity index (χ0n) is 11.6. The highest BCUT2D eigenvalue weighted by Gasteiger charge is 2.16. The molecule has 0 radical (unpaired) electrons. The Morgan fingerprint density at radius 1 is 1.40 bits per heavy atom. The first-order valence-electron chi connectivity index (χ1n) is 6.53. The molecule has 0 fully saturated rings. The number of allylic oxidation sites excluding steroid dienone is 3. The van der Waals surface area contributed by atoms with E-state index in [4.69, 9.17) is 4.42 Å². The largest absolute Gasteiger partial charge is 0.432 e. The van der Waals surface area contributed by atoms with Crippen LogP contribution in [-0.2, 0) is 0 Å². The Bertz CT molecular complexity index is 805. The first kappa shape index (κ1) is 12.5. The van der Waals surface area contributed by atoms with Crippen molar-refractivity contribution in [3.63, 3.8) is 0 Å². The lowest BCUT2D eigenvalue weighted by Crippen LogP contribution is -1.90. The molecule has 0 bridgehead atoms. The van der Waals surface area contributed by atoms with Crippen molar-refractivity contribution < 1.29 is 4.42 Å². The van der Waals surface area contributed by atoms with Gasteiger partial charge < -0.3 is 4.42 Å². The predicted octanol–water partition coefficient (Wildman–Crippen LogP) is 4.49. The van der Waals surface area contributed by atoms with Crippen LogP contribution in [0.3, 0.4) is 0 Å². The summed E-state index contributed by atoms with van der Waals surface area (Å²) in [6.45, 7) is 7.90. The van der Waals surface area contributed by atoms with E-state index in [2.05, 4.69) is 43.6 Å². The molecule has 20 heavy (non-hydrogen) atoms. The number of fused-ring (bicyclic) bond motifs is 1. The van der Waals surface area contributed by atoms with Gasteiger partial charge in [0.15, 0.2) is 0 Å². The number of hydrogen-bond donors (Lipinski definition) is 0. The molecular formula is C17H16N2O. The Morgan fingerprint density at radius 2 is 2.25 bits per heavy atom. The topological polar surface area (TPSA) is 30.4 Å². The molecule has 0 saturated carbocycles. The lowest BCUT2D eigenvalue weighted by molar-refractivity contribution is 0.596. The van der Waals surface area contributed by atoms with E-state index >= 15 is 0 Å². The average Bonchev–Trinajstić information content (AvgIpc) is 2.98. The molecular weight excluding hydrogens is 248 g/mol. The van der Waals surface area contributed by atoms with Gasteiger partial charge in [-0.05, 0) is 25.5 Å². The van der Waals surface area contributed by atoms with E-state index in [-0.39, 0.29) is 0 Å². The minimum absolute atomic E-state index is 0.605. The molecule has 3 rings (SSSR count). The van der Waals surface area contributed by atoms with Crippen LogP contribution in [0.1, 0.15) is 18.2 Å². The van der Waals surface area contributed by atoms with Crippen molar-refractivity contribution in [1.29, 1.82) is 0 Å². The summed E-state index contributed by atoms with van der Waals surface area (Å²) in [5, 5.41) is 0. The van der Waals surface area contributed by atoms with Gasteiger partial charge in [0.1, 0.15) is 12.0 Å². The second kappa shape index (κ2) is 4.85. The molecule has 2 heterocycles. The maximum absolute atomic E-state index is 5.42. The van der Waals surface area contributed by atoms with E-state index < -0.39 is 0 Å². The minimum Gasteiger partial charge on any atom is -0.432 e. The second-order valence-corrected chi connectivity index (χ2v) is 4.82. The molecule has 0 spiro atoms. The number of aromatic nitrogens is 2. The van der Waals surface area contributed by atoms with Crippen molar-refractivity contribution in [1.82, 2.24) is 9.38 Å². The Balaban J connectivity index is 2.30. The van der Waals surface area contributed by atoms with Gasteiger partial charge in [0.2, 0.25) is 0 Å². The molecule has 0 N–H and O–H groups in total. The number of benzene rings is 1. The van der Waals surface area contributed by atoms with Gasteiger partial charge in [-0.25, -0.2) is 0 Å². The minimum atomic E-state index is 0.605. The number of hydrogen-bond acceptors (Lipinski definition) is 2. The quantitative estimate of drug-likeness (QED) is 0.652. The maximum atomic E-state index is 5.42. The number of imidazole rings is 1. The smallest absolute Gasteiger partial charge is 0.306 e. The highest BCUT2D eigenvalue weighted by Crippen LogP contribution is 2.30. The molecule has 0 aliphatic carbocycles. The summed E-state index contributed by atoms with van der Waals surface area (Å²) in [4.78, 5) is 4.61. The highest BCUT2D eigenvalue weighted by atomic mass is 16.3. The normalized spacial score (nSPS) is 12.0. The lowest BCUT2D eigenvalue weighted by Gasteiger charge is -2.05. The standard InChI is InChI=1S/C17H16N2O/c1-4-6-13(3)16-15(14-8-5-7-12(2)11-14)18-17-19(16)9-10-20-17/h4-11H,1H2,2-3H3/b13-6+. The number of oxazole rings is 1. The molecule has 0 saturated heterocycles. The molecule has 3 heteroatoms. The van der Waals surface area contributed by atoms with Crippen molar-refractivity contribution >= 4 is 11.4 Å². The summed E-state index contributed by atoms with van der Waals surface area (Å²) in [6, 6.07) is 8.32. The first-order valence-corrected chi connectivity index (χ1v) is 6.53. The highest BCUT2D eigenvalue weighted by molar-refractivity contribution is 5.79. The van der Waals surface area contributed by atoms with Crippen LogP contribution in [0.25, 0.3) is 22.7 Å². The van der Waals surface area contributed by atoms with Gasteiger partial charge >= 0.3 is 5.84 Å². The van der Waals surface area contributed by atoms with Gasteiger partial charge in [0.25, 0.3) is 0 Å². The van der Waals surface area contributed by atoms with Gasteiger partial charge in [0.05, 0.1) is 5.69 Å². The van der Waals surface area contributed by atoms with Crippen LogP contribution in [0, 0.1) is 6.92 Å². The fourth-order valence-electron chi connectivity index (χ4n) is 2.41. The van der Waals surface area contributed by atoms with E-state index in [1.54, 1.807) is 12.3 Å². The summed E-state index contributed by atoms with van der Waals surface area (Å²) >= 11 is 0. The fraction of sp³-hybridized carbons (Fsp3) is 0.118. The van der Waals surface area contributed by atoms with Crippen LogP contribution in [0.4, 0.5) is 0 Å². The molecule has 0 atom stereocenters. The number of nitrogens with zero attached hydrogens (tertiary/aromatic N) is 2. The van der Waals surface area contributed by atoms with Crippen LogP contribution < -0.4 is 0 Å². The Labute approximate surface area is 117 Å². The fourth-order valence-corrected chi connectivity index (χ4v) is 2.41. The van der Waals surface area contributed by atoms with Crippen molar-refractivity contribution in [3.05, 3.63) is 66.7 Å². The molecule has 3 aromatic rings. The molecule has 100 valence electrons. The zero-order valence-corrected chi connectivity index (χ0v) is 11.6. The van der Waals surface area contributed by atoms with Crippen LogP contribution in [0.15, 0.2) is 59.9 Å². The molecule has 0 unspecified atom stereocenters. The van der Waals surface area contributed by atoms with Crippen LogP contribution >= 0.6 is 0 Å². The van der Waals surface area contributed by atoms with Crippen molar-refractivity contribution in [3.8, 4) is 11.3 Å². The third-order valence-corrected chi connectivity index (χ3v) is 3.29. The van der Waals surface area contributed by atoms with Crippen LogP contribution in [0.2, 0.25) is 0 Å². The SMILES string of the molecule is C=C/C=C(\C)c1c(-c2cccc(C)c2)nc2occn12. The zero-order chi connectivity index (χ0) is 14.1. The van der Waals surface area contributed by atoms with E-state index in [0.29, 0.717) is 5.84 Å². The van der Waals surface area contributed by atoms with Crippen LogP contribution in [-0.4, -0.2) is 9.38 Å². The van der Waals surface area contributed by atoms with Gasteiger partial charge in [-0.1, -0.05) is 42.5 Å². The van der Waals surface area contributed by atoms with E-state index in [9.17, 15) is 0 Å². The van der Waals surface area contributed by atoms with E-state index in [1.165, 1.54) is 5.56 Å². The molecule has 3 nitrogen and oxygen atoms in total. The third-order valence-electron chi connectivity index (χ3n) is 3.29. The molecule has 1 aromatic carbocycles. The summed E-state index contributed by atoms with van der Waals surface area (Å²) in [6.07, 6.45) is 7.30. The van der Waals surface area contributed by atoms with Gasteiger partial charge in [-0.2, -0.15) is 4.98 Å². The van der Waals surface area contributed by atoms with Gasteiger partial charge in [-0.3, -0.25) is 4.40 Å². The van der Waals surface area contributed by atoms with Crippen molar-refractivity contribution in [2.24, 2.45) is 0 Å². The van der Waals surface area contributed by atoms with Gasteiger partial charge in [-0.15, -0.1) is 0 Å². The monoisotopic (exact) mass is 264 g/mol. The lowest BCUT2D eigenvalue weighted by atomic mass is 10.0. The van der Waals surface area contributed by atoms with Crippen LogP contribution in [0.5, 0.6) is 0 Å². The number of rotatable bonds is 3. The Kier molecular flexibility index (Phi) is 3.03. The first-order chi connectivity index (χ1) is 9.70. The summed E-state index contributed by atoms with van der Waals surface area (Å²) in [7, 11) is 0. The average molecular weight is 264 g/mol. The molecule has 0 aliphatic rings. The molecule has 0 amide bonds. The van der Waals surface area contributed by atoms with E-state index in [1.807, 2.05) is 22.7 Å². The Hall–Kier alpha value is -2.55. The molecule has 0 aliphatic heterocycles. The van der Waals surface area contributed by atoms with Gasteiger partial charge in [0, 0.05) is 11.8 Å². The Morgan fingerprint density at radius 3 is 3.00 bits per heavy atom. The summed E-state index contributed by atoms with van der Waals surface area (Å²) in [5.41, 5.74) is 5.38. The third kappa shape index (κ3) is 1.97. The molecule has 2 aromatic heterocycles. The number of aryl methyl sites for hydroxylation is 1. The second-order valence-electron chi connectivity index (χ2n) is 4.82.